The van der Waals surface area contributed by atoms with Crippen LogP contribution in [0.5, 0.6) is 11.6 Å². The zero-order valence-electron chi connectivity index (χ0n) is 32.1. The molecule has 0 radical (unpaired) electrons. The van der Waals surface area contributed by atoms with Crippen molar-refractivity contribution in [3.05, 3.63) is 160 Å². The van der Waals surface area contributed by atoms with Crippen LogP contribution in [0.3, 0.4) is 0 Å². The van der Waals surface area contributed by atoms with Crippen molar-refractivity contribution in [2.75, 3.05) is 31.2 Å². The third kappa shape index (κ3) is 7.00. The first kappa shape index (κ1) is 36.9. The van der Waals surface area contributed by atoms with Crippen molar-refractivity contribution >= 4 is 22.7 Å². The first-order chi connectivity index (χ1) is 28.5. The first-order valence-electron chi connectivity index (χ1n) is 19.6. The van der Waals surface area contributed by atoms with Gasteiger partial charge in [0.05, 0.1) is 37.4 Å². The van der Waals surface area contributed by atoms with E-state index in [1.807, 2.05) is 18.5 Å². The predicted molar refractivity (Wildman–Crippen MR) is 217 cm³/mol. The zero-order chi connectivity index (χ0) is 39.5. The lowest BCUT2D eigenvalue weighted by Gasteiger charge is -2.39. The Hall–Kier alpha value is -6.67. The van der Waals surface area contributed by atoms with E-state index in [2.05, 4.69) is 111 Å². The highest BCUT2D eigenvalue weighted by molar-refractivity contribution is 5.87. The lowest BCUT2D eigenvalue weighted by atomic mass is 9.76. The van der Waals surface area contributed by atoms with Crippen molar-refractivity contribution in [2.45, 2.75) is 49.9 Å². The van der Waals surface area contributed by atoms with Crippen LogP contribution >= 0.6 is 0 Å². The molecule has 0 spiro atoms. The largest absolute Gasteiger partial charge is 0.484 e. The normalized spacial score (nSPS) is 17.3. The number of ether oxygens (including phenoxy) is 3. The van der Waals surface area contributed by atoms with E-state index in [0.29, 0.717) is 30.5 Å². The monoisotopic (exact) mass is 777 g/mol. The minimum absolute atomic E-state index is 0.0781. The number of imidazole rings is 1. The number of fused-ring (bicyclic) bond motifs is 1. The summed E-state index contributed by atoms with van der Waals surface area (Å²) in [5.74, 6) is 2.61. The van der Waals surface area contributed by atoms with Crippen molar-refractivity contribution < 1.29 is 19.1 Å². The van der Waals surface area contributed by atoms with Gasteiger partial charge < -0.3 is 29.2 Å². The smallest absolute Gasteiger partial charge is 0.434 e. The standard InChI is InChI=1S/C44H43N9O5/c1-50-35(27-46-43(50)53(54)55)29-57-37-25-38-39(45-28-37)26-40(51-21-23-56-24-22-51)48-42(38)58-36-19-17-31(18-20-36)41-49-47-30-52(41)44(32-11-5-2-6-12-32,33-13-7-3-8-14-33)34-15-9-4-10-16-34/h2-16,25-28,30-31,36H,17-24,29H2,1H3. The van der Waals surface area contributed by atoms with E-state index in [9.17, 15) is 10.1 Å². The van der Waals surface area contributed by atoms with Gasteiger partial charge in [0.1, 0.15) is 48.2 Å². The molecule has 0 N–H and O–H groups in total. The molecular weight excluding hydrogens is 735 g/mol. The number of hydrogen-bond acceptors (Lipinski definition) is 11. The van der Waals surface area contributed by atoms with Gasteiger partial charge >= 0.3 is 5.95 Å². The lowest BCUT2D eigenvalue weighted by molar-refractivity contribution is -0.396. The quantitative estimate of drug-likeness (QED) is 0.0703. The van der Waals surface area contributed by atoms with Crippen LogP contribution in [-0.4, -0.2) is 71.6 Å². The van der Waals surface area contributed by atoms with Crippen molar-refractivity contribution in [3.63, 3.8) is 0 Å². The van der Waals surface area contributed by atoms with Crippen molar-refractivity contribution in [3.8, 4) is 11.6 Å². The second-order valence-electron chi connectivity index (χ2n) is 14.7. The Morgan fingerprint density at radius 1 is 0.845 bits per heavy atom. The molecule has 14 nitrogen and oxygen atoms in total. The SMILES string of the molecule is Cn1c(COc2cnc3cc(N4CCOCC4)nc(OC4CCC(c5nncn5C(c5ccccc5)(c5ccccc5)c5ccccc5)CC4)c3c2)cnc1[N+](=O)[O-]. The van der Waals surface area contributed by atoms with Gasteiger partial charge in [0.2, 0.25) is 5.88 Å². The molecule has 2 aliphatic rings. The second kappa shape index (κ2) is 16.1. The van der Waals surface area contributed by atoms with E-state index in [4.69, 9.17) is 29.3 Å². The van der Waals surface area contributed by atoms with Crippen LogP contribution in [0.4, 0.5) is 11.8 Å². The third-order valence-corrected chi connectivity index (χ3v) is 11.4. The summed E-state index contributed by atoms with van der Waals surface area (Å²) in [4.78, 5) is 26.7. The average molecular weight is 778 g/mol. The molecule has 1 aliphatic carbocycles. The minimum Gasteiger partial charge on any atom is -0.484 e. The molecule has 14 heteroatoms. The van der Waals surface area contributed by atoms with Gasteiger partial charge in [-0.05, 0) is 53.4 Å². The summed E-state index contributed by atoms with van der Waals surface area (Å²) in [6.45, 7) is 2.76. The fraction of sp³-hybridized carbons (Fsp3) is 0.295. The maximum absolute atomic E-state index is 11.3. The maximum atomic E-state index is 11.3. The number of anilines is 1. The molecular formula is C44H43N9O5. The molecule has 1 saturated heterocycles. The Labute approximate surface area is 335 Å². The summed E-state index contributed by atoms with van der Waals surface area (Å²) in [5, 5.41) is 21.5. The number of hydrogen-bond donors (Lipinski definition) is 0. The van der Waals surface area contributed by atoms with E-state index in [1.54, 1.807) is 13.2 Å². The number of benzene rings is 3. The molecule has 294 valence electrons. The van der Waals surface area contributed by atoms with Gasteiger partial charge in [-0.2, -0.15) is 4.98 Å². The number of aromatic nitrogens is 7. The number of rotatable bonds is 12. The molecule has 4 aromatic heterocycles. The summed E-state index contributed by atoms with van der Waals surface area (Å²) in [7, 11) is 1.59. The molecule has 9 rings (SSSR count). The van der Waals surface area contributed by atoms with E-state index < -0.39 is 10.5 Å². The predicted octanol–water partition coefficient (Wildman–Crippen LogP) is 7.22. The van der Waals surface area contributed by atoms with E-state index in [1.165, 1.54) is 10.8 Å². The van der Waals surface area contributed by atoms with Crippen LogP contribution in [0.25, 0.3) is 10.9 Å². The molecule has 5 heterocycles. The summed E-state index contributed by atoms with van der Waals surface area (Å²) in [5.41, 5.74) is 3.98. The molecule has 7 aromatic rings. The second-order valence-corrected chi connectivity index (χ2v) is 14.7. The van der Waals surface area contributed by atoms with Gasteiger partial charge in [0.15, 0.2) is 5.69 Å². The highest BCUT2D eigenvalue weighted by Gasteiger charge is 2.42. The summed E-state index contributed by atoms with van der Waals surface area (Å²) >= 11 is 0. The molecule has 2 fully saturated rings. The van der Waals surface area contributed by atoms with Crippen molar-refractivity contribution in [1.29, 1.82) is 0 Å². The highest BCUT2D eigenvalue weighted by Crippen LogP contribution is 2.44. The number of nitro groups is 1. The first-order valence-corrected chi connectivity index (χ1v) is 19.6. The van der Waals surface area contributed by atoms with Crippen molar-refractivity contribution in [1.82, 2.24) is 34.3 Å². The fourth-order valence-electron chi connectivity index (χ4n) is 8.41. The Morgan fingerprint density at radius 3 is 2.09 bits per heavy atom. The molecule has 0 amide bonds. The summed E-state index contributed by atoms with van der Waals surface area (Å²) in [6, 6.07) is 35.7. The van der Waals surface area contributed by atoms with Gasteiger partial charge in [-0.25, -0.2) is 4.57 Å². The van der Waals surface area contributed by atoms with Crippen LogP contribution in [0.15, 0.2) is 122 Å². The average Bonchev–Trinajstić information content (AvgIpc) is 3.92. The van der Waals surface area contributed by atoms with Crippen molar-refractivity contribution in [2.24, 2.45) is 7.05 Å². The molecule has 0 unspecified atom stereocenters. The minimum atomic E-state index is -0.697. The lowest BCUT2D eigenvalue weighted by Crippen LogP contribution is -2.39. The molecule has 0 bridgehead atoms. The fourth-order valence-corrected chi connectivity index (χ4v) is 8.41. The van der Waals surface area contributed by atoms with Gasteiger partial charge in [-0.3, -0.25) is 9.55 Å². The van der Waals surface area contributed by atoms with Gasteiger partial charge in [0, 0.05) is 25.1 Å². The van der Waals surface area contributed by atoms with Crippen LogP contribution in [0.1, 0.15) is 59.8 Å². The highest BCUT2D eigenvalue weighted by atomic mass is 16.6. The van der Waals surface area contributed by atoms with Crippen LogP contribution in [0.2, 0.25) is 0 Å². The van der Waals surface area contributed by atoms with Crippen LogP contribution < -0.4 is 14.4 Å². The van der Waals surface area contributed by atoms with Gasteiger partial charge in [0.25, 0.3) is 0 Å². The van der Waals surface area contributed by atoms with E-state index in [0.717, 1.165) is 78.0 Å². The number of pyridine rings is 2. The maximum Gasteiger partial charge on any atom is 0.434 e. The van der Waals surface area contributed by atoms with Gasteiger partial charge in [-0.15, -0.1) is 10.2 Å². The number of nitrogens with zero attached hydrogens (tertiary/aromatic N) is 9. The molecule has 1 aliphatic heterocycles. The van der Waals surface area contributed by atoms with Gasteiger partial charge in [-0.1, -0.05) is 96.0 Å². The van der Waals surface area contributed by atoms with Crippen LogP contribution in [0, 0.1) is 10.1 Å². The molecule has 0 atom stereocenters. The molecule has 1 saturated carbocycles. The summed E-state index contributed by atoms with van der Waals surface area (Å²) in [6.07, 6.45) is 8.18. The molecule has 3 aromatic carbocycles. The Balaban J connectivity index is 1.00. The summed E-state index contributed by atoms with van der Waals surface area (Å²) < 4.78 is 22.2. The zero-order valence-corrected chi connectivity index (χ0v) is 32.1. The third-order valence-electron chi connectivity index (χ3n) is 11.4. The van der Waals surface area contributed by atoms with Crippen LogP contribution in [-0.2, 0) is 23.9 Å². The molecule has 58 heavy (non-hydrogen) atoms. The Morgan fingerprint density at radius 2 is 1.48 bits per heavy atom. The topological polar surface area (TPSA) is 148 Å². The van der Waals surface area contributed by atoms with E-state index >= 15 is 0 Å². The van der Waals surface area contributed by atoms with E-state index in [-0.39, 0.29) is 24.6 Å². The number of morpholine rings is 1. The Bertz CT molecular complexity index is 2400. The Kier molecular flexibility index (Phi) is 10.2.